The second-order valence-corrected chi connectivity index (χ2v) is 7.09. The molecule has 1 unspecified atom stereocenters. The molecule has 0 aliphatic heterocycles. The monoisotopic (exact) mass is 372 g/mol. The standard InChI is InChI=1S/C20H32N6O/c1-14(2)15(3)23-20(22-13-19-25-24-16(4)26(19)5)21-12-11-17-7-9-18(27-6)10-8-17/h7-10,14-15H,11-13H2,1-6H3,(H2,21,22,23). The molecule has 1 atom stereocenters. The molecule has 0 aliphatic carbocycles. The fourth-order valence-electron chi connectivity index (χ4n) is 2.39. The minimum absolute atomic E-state index is 0.318. The molecule has 1 heterocycles. The molecular formula is C20H32N6O. The Morgan fingerprint density at radius 1 is 1.19 bits per heavy atom. The lowest BCUT2D eigenvalue weighted by Crippen LogP contribution is -2.45. The van der Waals surface area contributed by atoms with Crippen molar-refractivity contribution in [3.63, 3.8) is 0 Å². The number of guanidine groups is 1. The molecule has 2 rings (SSSR count). The number of methoxy groups -OCH3 is 1. The lowest BCUT2D eigenvalue weighted by atomic mass is 10.1. The lowest BCUT2D eigenvalue weighted by molar-refractivity contribution is 0.414. The Morgan fingerprint density at radius 2 is 1.89 bits per heavy atom. The Balaban J connectivity index is 1.98. The molecule has 0 radical (unpaired) electrons. The van der Waals surface area contributed by atoms with Crippen molar-refractivity contribution in [1.29, 1.82) is 0 Å². The number of rotatable bonds is 8. The summed E-state index contributed by atoms with van der Waals surface area (Å²) < 4.78 is 7.17. The van der Waals surface area contributed by atoms with Crippen molar-refractivity contribution in [3.05, 3.63) is 41.5 Å². The maximum absolute atomic E-state index is 5.21. The minimum Gasteiger partial charge on any atom is -0.497 e. The summed E-state index contributed by atoms with van der Waals surface area (Å²) in [6, 6.07) is 8.46. The Kier molecular flexibility index (Phi) is 7.64. The maximum Gasteiger partial charge on any atom is 0.191 e. The smallest absolute Gasteiger partial charge is 0.191 e. The zero-order valence-electron chi connectivity index (χ0n) is 17.3. The van der Waals surface area contributed by atoms with Crippen molar-refractivity contribution in [2.75, 3.05) is 13.7 Å². The van der Waals surface area contributed by atoms with Crippen LogP contribution in [0.4, 0.5) is 0 Å². The second kappa shape index (κ2) is 9.94. The number of hydrogen-bond donors (Lipinski definition) is 2. The largest absolute Gasteiger partial charge is 0.497 e. The van der Waals surface area contributed by atoms with E-state index >= 15 is 0 Å². The van der Waals surface area contributed by atoms with Gasteiger partial charge in [0.15, 0.2) is 11.8 Å². The van der Waals surface area contributed by atoms with Crippen molar-refractivity contribution in [2.45, 2.75) is 46.7 Å². The summed E-state index contributed by atoms with van der Waals surface area (Å²) in [7, 11) is 3.64. The number of hydrogen-bond acceptors (Lipinski definition) is 4. The molecule has 0 spiro atoms. The van der Waals surface area contributed by atoms with Gasteiger partial charge >= 0.3 is 0 Å². The van der Waals surface area contributed by atoms with Crippen LogP contribution in [-0.4, -0.2) is 40.4 Å². The first-order valence-corrected chi connectivity index (χ1v) is 9.43. The van der Waals surface area contributed by atoms with Crippen LogP contribution in [0, 0.1) is 12.8 Å². The van der Waals surface area contributed by atoms with Gasteiger partial charge in [0.1, 0.15) is 18.1 Å². The SMILES string of the molecule is COc1ccc(CCNC(=NCc2nnc(C)n2C)NC(C)C(C)C)cc1. The van der Waals surface area contributed by atoms with Gasteiger partial charge in [-0.2, -0.15) is 0 Å². The molecule has 2 aromatic rings. The average Bonchev–Trinajstić information content (AvgIpc) is 2.98. The summed E-state index contributed by atoms with van der Waals surface area (Å²) in [6.45, 7) is 9.77. The van der Waals surface area contributed by atoms with E-state index in [-0.39, 0.29) is 0 Å². The van der Waals surface area contributed by atoms with Crippen LogP contribution < -0.4 is 15.4 Å². The third-order valence-corrected chi connectivity index (χ3v) is 4.79. The molecule has 0 saturated heterocycles. The molecule has 0 saturated carbocycles. The van der Waals surface area contributed by atoms with Gasteiger partial charge in [0.05, 0.1) is 7.11 Å². The number of aromatic nitrogens is 3. The molecule has 148 valence electrons. The summed E-state index contributed by atoms with van der Waals surface area (Å²) >= 11 is 0. The van der Waals surface area contributed by atoms with Gasteiger partial charge in [-0.1, -0.05) is 26.0 Å². The topological polar surface area (TPSA) is 76.4 Å². The van der Waals surface area contributed by atoms with Crippen molar-refractivity contribution >= 4 is 5.96 Å². The number of aliphatic imine (C=N–C) groups is 1. The molecule has 27 heavy (non-hydrogen) atoms. The summed E-state index contributed by atoms with van der Waals surface area (Å²) in [6.07, 6.45) is 0.907. The van der Waals surface area contributed by atoms with Gasteiger partial charge < -0.3 is 19.9 Å². The van der Waals surface area contributed by atoms with E-state index in [1.165, 1.54) is 5.56 Å². The summed E-state index contributed by atoms with van der Waals surface area (Å²) in [5, 5.41) is 15.2. The molecule has 0 aliphatic rings. The highest BCUT2D eigenvalue weighted by Crippen LogP contribution is 2.11. The fourth-order valence-corrected chi connectivity index (χ4v) is 2.39. The van der Waals surface area contributed by atoms with E-state index in [1.54, 1.807) is 7.11 Å². The predicted octanol–water partition coefficient (Wildman–Crippen LogP) is 2.45. The molecule has 2 N–H and O–H groups in total. The van der Waals surface area contributed by atoms with Crippen molar-refractivity contribution in [3.8, 4) is 5.75 Å². The Labute approximate surface area is 162 Å². The lowest BCUT2D eigenvalue weighted by Gasteiger charge is -2.21. The number of aryl methyl sites for hydroxylation is 1. The van der Waals surface area contributed by atoms with E-state index in [2.05, 4.69) is 53.7 Å². The Hall–Kier alpha value is -2.57. The van der Waals surface area contributed by atoms with Crippen LogP contribution in [-0.2, 0) is 20.0 Å². The van der Waals surface area contributed by atoms with E-state index in [4.69, 9.17) is 9.73 Å². The molecule has 7 heteroatoms. The molecule has 1 aromatic heterocycles. The van der Waals surface area contributed by atoms with Crippen LogP contribution >= 0.6 is 0 Å². The molecule has 0 fully saturated rings. The van der Waals surface area contributed by atoms with Gasteiger partial charge in [-0.05, 0) is 43.9 Å². The van der Waals surface area contributed by atoms with Crippen LogP contribution in [0.5, 0.6) is 5.75 Å². The zero-order valence-corrected chi connectivity index (χ0v) is 17.3. The van der Waals surface area contributed by atoms with E-state index in [9.17, 15) is 0 Å². The normalized spacial score (nSPS) is 12.9. The van der Waals surface area contributed by atoms with E-state index in [0.717, 1.165) is 36.3 Å². The average molecular weight is 373 g/mol. The van der Waals surface area contributed by atoms with Gasteiger partial charge in [-0.15, -0.1) is 10.2 Å². The Bertz CT molecular complexity index is 735. The number of nitrogens with zero attached hydrogens (tertiary/aromatic N) is 4. The van der Waals surface area contributed by atoms with Crippen molar-refractivity contribution < 1.29 is 4.74 Å². The summed E-state index contributed by atoms with van der Waals surface area (Å²) in [5.41, 5.74) is 1.25. The Morgan fingerprint density at radius 3 is 2.44 bits per heavy atom. The third-order valence-electron chi connectivity index (χ3n) is 4.79. The van der Waals surface area contributed by atoms with Crippen LogP contribution in [0.1, 0.15) is 38.0 Å². The first-order valence-electron chi connectivity index (χ1n) is 9.43. The molecule has 1 aromatic carbocycles. The van der Waals surface area contributed by atoms with E-state index < -0.39 is 0 Å². The van der Waals surface area contributed by atoms with E-state index in [1.807, 2.05) is 30.7 Å². The predicted molar refractivity (Wildman–Crippen MR) is 109 cm³/mol. The zero-order chi connectivity index (χ0) is 19.8. The van der Waals surface area contributed by atoms with Crippen LogP contribution in [0.2, 0.25) is 0 Å². The number of nitrogens with one attached hydrogen (secondary N) is 2. The quantitative estimate of drug-likeness (QED) is 0.550. The maximum atomic E-state index is 5.21. The van der Waals surface area contributed by atoms with Gasteiger partial charge in [-0.3, -0.25) is 0 Å². The molecule has 0 amide bonds. The number of benzene rings is 1. The van der Waals surface area contributed by atoms with E-state index in [0.29, 0.717) is 18.5 Å². The van der Waals surface area contributed by atoms with Gasteiger partial charge in [0.25, 0.3) is 0 Å². The van der Waals surface area contributed by atoms with Crippen molar-refractivity contribution in [2.24, 2.45) is 18.0 Å². The highest BCUT2D eigenvalue weighted by molar-refractivity contribution is 5.80. The molecule has 7 nitrogen and oxygen atoms in total. The minimum atomic E-state index is 0.318. The van der Waals surface area contributed by atoms with Gasteiger partial charge in [0, 0.05) is 19.6 Å². The van der Waals surface area contributed by atoms with Crippen LogP contribution in [0.3, 0.4) is 0 Å². The van der Waals surface area contributed by atoms with Crippen molar-refractivity contribution in [1.82, 2.24) is 25.4 Å². The molecule has 0 bridgehead atoms. The second-order valence-electron chi connectivity index (χ2n) is 7.09. The first-order chi connectivity index (χ1) is 12.9. The highest BCUT2D eigenvalue weighted by atomic mass is 16.5. The van der Waals surface area contributed by atoms with Gasteiger partial charge in [-0.25, -0.2) is 4.99 Å². The summed E-state index contributed by atoms with van der Waals surface area (Å²) in [4.78, 5) is 4.70. The summed E-state index contributed by atoms with van der Waals surface area (Å²) in [5.74, 6) is 3.92. The first kappa shape index (κ1) is 20.7. The molecular weight excluding hydrogens is 340 g/mol. The third kappa shape index (κ3) is 6.27. The van der Waals surface area contributed by atoms with Gasteiger partial charge in [0.2, 0.25) is 0 Å². The number of ether oxygens (including phenoxy) is 1. The van der Waals surface area contributed by atoms with Crippen LogP contribution in [0.25, 0.3) is 0 Å². The fraction of sp³-hybridized carbons (Fsp3) is 0.550. The highest BCUT2D eigenvalue weighted by Gasteiger charge is 2.10. The van der Waals surface area contributed by atoms with Crippen LogP contribution in [0.15, 0.2) is 29.3 Å².